The zero-order valence-corrected chi connectivity index (χ0v) is 33.1. The molecule has 0 saturated carbocycles. The van der Waals surface area contributed by atoms with Gasteiger partial charge in [0.15, 0.2) is 0 Å². The van der Waals surface area contributed by atoms with E-state index in [2.05, 4.69) is 238 Å². The van der Waals surface area contributed by atoms with Crippen molar-refractivity contribution in [2.24, 2.45) is 0 Å². The maximum Gasteiger partial charge on any atom is 0.145 e. The minimum absolute atomic E-state index is 0.912. The molecule has 286 valence electrons. The van der Waals surface area contributed by atoms with E-state index >= 15 is 0 Å². The van der Waals surface area contributed by atoms with E-state index in [9.17, 15) is 0 Å². The molecule has 0 aliphatic rings. The van der Waals surface area contributed by atoms with Crippen LogP contribution in [0.3, 0.4) is 0 Å². The SMILES string of the molecule is c1ccc(-c2nc3ccccc3n2-c2cccc(-c3cc(-c4cccc(-n5c(-c6ccccc6)nc6ccccc65)c4)c4c(c3)c3ccccc3n4-c3ccccc3)c2)cc1. The van der Waals surface area contributed by atoms with E-state index < -0.39 is 0 Å². The molecule has 0 aliphatic carbocycles. The highest BCUT2D eigenvalue weighted by atomic mass is 15.1. The third-order valence-corrected chi connectivity index (χ3v) is 11.8. The molecule has 0 N–H and O–H groups in total. The van der Waals surface area contributed by atoms with E-state index in [4.69, 9.17) is 9.97 Å². The highest BCUT2D eigenvalue weighted by Crippen LogP contribution is 2.43. The Hall–Kier alpha value is -8.28. The summed E-state index contributed by atoms with van der Waals surface area (Å²) >= 11 is 0. The summed E-state index contributed by atoms with van der Waals surface area (Å²) in [5, 5.41) is 2.40. The van der Waals surface area contributed by atoms with Crippen LogP contribution in [0, 0.1) is 0 Å². The largest absolute Gasteiger partial charge is 0.309 e. The fourth-order valence-electron chi connectivity index (χ4n) is 9.10. The Kier molecular flexibility index (Phi) is 8.10. The van der Waals surface area contributed by atoms with Crippen molar-refractivity contribution in [3.63, 3.8) is 0 Å². The highest BCUT2D eigenvalue weighted by Gasteiger charge is 2.21. The second-order valence-electron chi connectivity index (χ2n) is 15.5. The fourth-order valence-corrected chi connectivity index (χ4v) is 9.10. The number of imidazole rings is 2. The van der Waals surface area contributed by atoms with Gasteiger partial charge in [-0.3, -0.25) is 9.13 Å². The molecule has 0 radical (unpaired) electrons. The van der Waals surface area contributed by atoms with Gasteiger partial charge in [-0.15, -0.1) is 0 Å². The van der Waals surface area contributed by atoms with E-state index in [0.717, 1.165) is 95.2 Å². The Bertz CT molecular complexity index is 3580. The summed E-state index contributed by atoms with van der Waals surface area (Å²) < 4.78 is 7.02. The summed E-state index contributed by atoms with van der Waals surface area (Å²) in [6.45, 7) is 0. The lowest BCUT2D eigenvalue weighted by atomic mass is 9.95. The fraction of sp³-hybridized carbons (Fsp3) is 0. The standard InChI is InChI=1S/C56H37N5/c1-4-18-38(19-5-1)55-57-49-29-11-14-32-52(49)60(55)44-26-16-22-40(34-44)42-36-47(54-48(37-42)46-28-10-13-31-51(46)59(54)43-24-8-3-9-25-43)41-23-17-27-45(35-41)61-53-33-15-12-30-50(53)58-56(61)39-20-6-2-7-21-39/h1-37H. The zero-order chi connectivity index (χ0) is 40.3. The number of rotatable bonds is 7. The molecule has 0 amide bonds. The molecule has 12 rings (SSSR count). The maximum absolute atomic E-state index is 5.17. The Labute approximate surface area is 352 Å². The topological polar surface area (TPSA) is 40.6 Å². The second kappa shape index (κ2) is 14.2. The third kappa shape index (κ3) is 5.78. The van der Waals surface area contributed by atoms with Crippen LogP contribution in [-0.2, 0) is 0 Å². The van der Waals surface area contributed by atoms with Gasteiger partial charge in [-0.1, -0.05) is 146 Å². The zero-order valence-electron chi connectivity index (χ0n) is 33.1. The molecule has 0 aliphatic heterocycles. The van der Waals surface area contributed by atoms with Crippen LogP contribution < -0.4 is 0 Å². The summed E-state index contributed by atoms with van der Waals surface area (Å²) in [5.41, 5.74) is 16.3. The van der Waals surface area contributed by atoms with Crippen LogP contribution in [0.25, 0.3) is 106 Å². The number of hydrogen-bond acceptors (Lipinski definition) is 2. The molecule has 0 unspecified atom stereocenters. The van der Waals surface area contributed by atoms with Crippen LogP contribution in [0.1, 0.15) is 0 Å². The number of benzene rings is 9. The van der Waals surface area contributed by atoms with Crippen molar-refractivity contribution in [1.82, 2.24) is 23.7 Å². The summed E-state index contributed by atoms with van der Waals surface area (Å²) in [4.78, 5) is 10.3. The Balaban J connectivity index is 1.12. The van der Waals surface area contributed by atoms with E-state index in [1.165, 1.54) is 10.8 Å². The molecular formula is C56H37N5. The average Bonchev–Trinajstić information content (AvgIpc) is 4.03. The number of para-hydroxylation sites is 6. The monoisotopic (exact) mass is 779 g/mol. The van der Waals surface area contributed by atoms with Crippen LogP contribution in [0.2, 0.25) is 0 Å². The van der Waals surface area contributed by atoms with Gasteiger partial charge in [-0.2, -0.15) is 0 Å². The van der Waals surface area contributed by atoms with Gasteiger partial charge in [-0.05, 0) is 95.6 Å². The molecule has 9 aromatic carbocycles. The predicted molar refractivity (Wildman–Crippen MR) is 252 cm³/mol. The van der Waals surface area contributed by atoms with Gasteiger partial charge in [0.05, 0.1) is 33.1 Å². The minimum atomic E-state index is 0.912. The molecule has 3 aromatic heterocycles. The van der Waals surface area contributed by atoms with Crippen molar-refractivity contribution in [2.45, 2.75) is 0 Å². The molecular weight excluding hydrogens is 743 g/mol. The second-order valence-corrected chi connectivity index (χ2v) is 15.5. The first-order valence-electron chi connectivity index (χ1n) is 20.7. The normalized spacial score (nSPS) is 11.6. The Morgan fingerprint density at radius 3 is 1.34 bits per heavy atom. The third-order valence-electron chi connectivity index (χ3n) is 11.8. The van der Waals surface area contributed by atoms with Crippen molar-refractivity contribution in [2.75, 3.05) is 0 Å². The number of hydrogen-bond donors (Lipinski definition) is 0. The van der Waals surface area contributed by atoms with Crippen molar-refractivity contribution in [3.05, 3.63) is 224 Å². The number of fused-ring (bicyclic) bond motifs is 5. The van der Waals surface area contributed by atoms with Crippen molar-refractivity contribution in [1.29, 1.82) is 0 Å². The van der Waals surface area contributed by atoms with Gasteiger partial charge in [0.1, 0.15) is 11.6 Å². The van der Waals surface area contributed by atoms with E-state index in [1.54, 1.807) is 0 Å². The Morgan fingerprint density at radius 1 is 0.279 bits per heavy atom. The number of aromatic nitrogens is 5. The molecule has 0 spiro atoms. The summed E-state index contributed by atoms with van der Waals surface area (Å²) in [5.74, 6) is 1.83. The van der Waals surface area contributed by atoms with Crippen LogP contribution in [0.4, 0.5) is 0 Å². The van der Waals surface area contributed by atoms with Gasteiger partial charge in [0, 0.05) is 44.5 Å². The van der Waals surface area contributed by atoms with E-state index in [-0.39, 0.29) is 0 Å². The summed E-state index contributed by atoms with van der Waals surface area (Å²) in [6.07, 6.45) is 0. The van der Waals surface area contributed by atoms with Crippen LogP contribution in [-0.4, -0.2) is 23.7 Å². The average molecular weight is 780 g/mol. The molecule has 0 saturated heterocycles. The Morgan fingerprint density at radius 2 is 0.738 bits per heavy atom. The smallest absolute Gasteiger partial charge is 0.145 e. The van der Waals surface area contributed by atoms with Crippen LogP contribution >= 0.6 is 0 Å². The molecule has 0 bridgehead atoms. The molecule has 3 heterocycles. The first-order chi connectivity index (χ1) is 30.3. The van der Waals surface area contributed by atoms with Crippen molar-refractivity contribution in [3.8, 4) is 62.1 Å². The minimum Gasteiger partial charge on any atom is -0.309 e. The first kappa shape index (κ1) is 34.7. The molecule has 5 heteroatoms. The lowest BCUT2D eigenvalue weighted by Gasteiger charge is -2.16. The lowest BCUT2D eigenvalue weighted by molar-refractivity contribution is 1.10. The van der Waals surface area contributed by atoms with E-state index in [0.29, 0.717) is 0 Å². The van der Waals surface area contributed by atoms with Gasteiger partial charge in [0.2, 0.25) is 0 Å². The van der Waals surface area contributed by atoms with Gasteiger partial charge in [0.25, 0.3) is 0 Å². The van der Waals surface area contributed by atoms with Gasteiger partial charge >= 0.3 is 0 Å². The molecule has 0 atom stereocenters. The van der Waals surface area contributed by atoms with E-state index in [1.807, 2.05) is 0 Å². The first-order valence-corrected chi connectivity index (χ1v) is 20.7. The summed E-state index contributed by atoms with van der Waals surface area (Å²) in [7, 11) is 0. The highest BCUT2D eigenvalue weighted by molar-refractivity contribution is 6.15. The van der Waals surface area contributed by atoms with Crippen LogP contribution in [0.15, 0.2) is 224 Å². The summed E-state index contributed by atoms with van der Waals surface area (Å²) in [6, 6.07) is 79.8. The number of nitrogens with zero attached hydrogens (tertiary/aromatic N) is 5. The quantitative estimate of drug-likeness (QED) is 0.162. The van der Waals surface area contributed by atoms with Gasteiger partial charge in [-0.25, -0.2) is 9.97 Å². The van der Waals surface area contributed by atoms with Crippen LogP contribution in [0.5, 0.6) is 0 Å². The lowest BCUT2D eigenvalue weighted by Crippen LogP contribution is -1.99. The molecule has 12 aromatic rings. The molecule has 0 fully saturated rings. The predicted octanol–water partition coefficient (Wildman–Crippen LogP) is 14.1. The van der Waals surface area contributed by atoms with Crippen molar-refractivity contribution >= 4 is 43.9 Å². The molecule has 61 heavy (non-hydrogen) atoms. The maximum atomic E-state index is 5.17. The molecule has 5 nitrogen and oxygen atoms in total. The van der Waals surface area contributed by atoms with Gasteiger partial charge < -0.3 is 4.57 Å². The van der Waals surface area contributed by atoms with Crippen molar-refractivity contribution < 1.29 is 0 Å².